The van der Waals surface area contributed by atoms with Crippen LogP contribution >= 0.6 is 0 Å². The number of hydrogen-bond donors (Lipinski definition) is 0. The van der Waals surface area contributed by atoms with Crippen LogP contribution in [-0.4, -0.2) is 0 Å². The molecule has 0 nitrogen and oxygen atoms in total. The van der Waals surface area contributed by atoms with E-state index in [4.69, 9.17) is 0 Å². The molecule has 0 aliphatic heterocycles. The molecule has 2 aliphatic carbocycles. The molecular formula is C22H30Cl2Zr. The van der Waals surface area contributed by atoms with Crippen LogP contribution in [0.5, 0.6) is 0 Å². The van der Waals surface area contributed by atoms with Crippen molar-refractivity contribution in [1.82, 2.24) is 0 Å². The van der Waals surface area contributed by atoms with Gasteiger partial charge in [0.25, 0.3) is 0 Å². The number of fused-ring (bicyclic) bond motifs is 2. The first-order valence-electron chi connectivity index (χ1n) is 8.72. The second-order valence-corrected chi connectivity index (χ2v) is 6.58. The molecule has 0 amide bonds. The zero-order valence-corrected chi connectivity index (χ0v) is 19.6. The molecule has 0 spiro atoms. The summed E-state index contributed by atoms with van der Waals surface area (Å²) in [7, 11) is 0. The van der Waals surface area contributed by atoms with Gasteiger partial charge in [-0.15, -0.1) is 13.2 Å². The molecule has 2 aromatic carbocycles. The predicted molar refractivity (Wildman–Crippen MR) is 98.1 cm³/mol. The third-order valence-corrected chi connectivity index (χ3v) is 4.72. The van der Waals surface area contributed by atoms with Gasteiger partial charge in [-0.2, -0.15) is 45.5 Å². The molecule has 0 saturated carbocycles. The molecule has 0 aromatic heterocycles. The zero-order chi connectivity index (χ0) is 15.9. The van der Waals surface area contributed by atoms with Crippen molar-refractivity contribution in [2.45, 2.75) is 65.2 Å². The van der Waals surface area contributed by atoms with E-state index in [0.717, 1.165) is 0 Å². The van der Waals surface area contributed by atoms with E-state index in [0.29, 0.717) is 0 Å². The van der Waals surface area contributed by atoms with Crippen molar-refractivity contribution >= 4 is 0 Å². The summed E-state index contributed by atoms with van der Waals surface area (Å²) >= 11 is 0. The number of rotatable bonds is 0. The Hall–Kier alpha value is -0.0969. The summed E-state index contributed by atoms with van der Waals surface area (Å²) in [5, 5.41) is 0. The Kier molecular flexibility index (Phi) is 15.2. The van der Waals surface area contributed by atoms with Crippen LogP contribution in [0.4, 0.5) is 0 Å². The van der Waals surface area contributed by atoms with Gasteiger partial charge in [0.2, 0.25) is 0 Å². The summed E-state index contributed by atoms with van der Waals surface area (Å²) in [4.78, 5) is 0. The minimum atomic E-state index is 0. The van der Waals surface area contributed by atoms with Gasteiger partial charge in [0.1, 0.15) is 0 Å². The van der Waals surface area contributed by atoms with Crippen molar-refractivity contribution in [2.24, 2.45) is 0 Å². The SMILES string of the molecule is C=C.Cc1cc2c([cH-]1)CCCC2.Cc1cc2c([cH-]1)CCCC2.[Cl-].[Cl-].[Zr+4]. The first-order chi connectivity index (χ1) is 10.7. The van der Waals surface area contributed by atoms with Gasteiger partial charge in [-0.25, -0.2) is 12.1 Å². The van der Waals surface area contributed by atoms with E-state index in [1.165, 1.54) is 62.5 Å². The third kappa shape index (κ3) is 7.98. The van der Waals surface area contributed by atoms with Gasteiger partial charge < -0.3 is 24.8 Å². The van der Waals surface area contributed by atoms with E-state index in [1.807, 2.05) is 0 Å². The van der Waals surface area contributed by atoms with Crippen LogP contribution in [0, 0.1) is 13.8 Å². The van der Waals surface area contributed by atoms with E-state index in [1.54, 1.807) is 22.3 Å². The Morgan fingerprint density at radius 2 is 1.00 bits per heavy atom. The second-order valence-electron chi connectivity index (χ2n) is 6.58. The van der Waals surface area contributed by atoms with Crippen LogP contribution in [0.15, 0.2) is 37.4 Å². The molecule has 0 radical (unpaired) electrons. The van der Waals surface area contributed by atoms with E-state index < -0.39 is 0 Å². The summed E-state index contributed by atoms with van der Waals surface area (Å²) < 4.78 is 0. The van der Waals surface area contributed by atoms with Crippen LogP contribution in [0.1, 0.15) is 59.1 Å². The maximum absolute atomic E-state index is 3.00. The molecule has 0 unspecified atom stereocenters. The standard InChI is InChI=1S/2C10H13.C2H4.2ClH.Zr/c2*1-8-6-9-4-2-3-5-10(9)7-8;1-2;;;/h2*6-7H,2-5H2,1H3;1-2H2;2*1H;/q2*-1;;;;+4/p-2. The molecular weight excluding hydrogens is 426 g/mol. The molecule has 3 heteroatoms. The second kappa shape index (κ2) is 14.0. The molecule has 0 bridgehead atoms. The minimum absolute atomic E-state index is 0. The molecule has 0 fully saturated rings. The fourth-order valence-corrected chi connectivity index (χ4v) is 3.75. The van der Waals surface area contributed by atoms with Crippen molar-refractivity contribution in [1.29, 1.82) is 0 Å². The number of aryl methyl sites for hydroxylation is 6. The topological polar surface area (TPSA) is 0 Å². The molecule has 0 saturated heterocycles. The molecule has 136 valence electrons. The Morgan fingerprint density at radius 3 is 1.32 bits per heavy atom. The summed E-state index contributed by atoms with van der Waals surface area (Å²) in [6.45, 7) is 10.4. The molecule has 2 aromatic rings. The summed E-state index contributed by atoms with van der Waals surface area (Å²) in [5.74, 6) is 0. The van der Waals surface area contributed by atoms with Gasteiger partial charge in [-0.1, -0.05) is 65.2 Å². The van der Waals surface area contributed by atoms with Crippen molar-refractivity contribution in [3.05, 3.63) is 70.8 Å². The van der Waals surface area contributed by atoms with Gasteiger partial charge in [0.05, 0.1) is 0 Å². The molecule has 2 aliphatic rings. The molecule has 0 atom stereocenters. The van der Waals surface area contributed by atoms with Crippen LogP contribution < -0.4 is 24.8 Å². The van der Waals surface area contributed by atoms with Gasteiger partial charge in [-0.05, 0) is 0 Å². The normalized spacial score (nSPS) is 13.7. The van der Waals surface area contributed by atoms with Crippen molar-refractivity contribution in [3.63, 3.8) is 0 Å². The summed E-state index contributed by atoms with van der Waals surface area (Å²) in [6, 6.07) is 9.37. The Bertz CT molecular complexity index is 496. The maximum atomic E-state index is 3.00. The van der Waals surface area contributed by atoms with Gasteiger partial charge in [0.15, 0.2) is 0 Å². The Morgan fingerprint density at radius 1 is 0.680 bits per heavy atom. The third-order valence-electron chi connectivity index (χ3n) is 4.72. The minimum Gasteiger partial charge on any atom is -1.00 e. The fourth-order valence-electron chi connectivity index (χ4n) is 3.75. The van der Waals surface area contributed by atoms with Gasteiger partial charge in [0, 0.05) is 0 Å². The summed E-state index contributed by atoms with van der Waals surface area (Å²) in [6.07, 6.45) is 10.9. The average molecular weight is 457 g/mol. The van der Waals surface area contributed by atoms with Crippen molar-refractivity contribution < 1.29 is 51.0 Å². The van der Waals surface area contributed by atoms with E-state index in [9.17, 15) is 0 Å². The molecule has 0 heterocycles. The van der Waals surface area contributed by atoms with Gasteiger partial charge in [-0.3, -0.25) is 0 Å². The van der Waals surface area contributed by atoms with Crippen LogP contribution in [-0.2, 0) is 51.9 Å². The maximum Gasteiger partial charge on any atom is 4.00 e. The molecule has 0 N–H and O–H groups in total. The fraction of sp³-hybridized carbons (Fsp3) is 0.455. The first kappa shape index (κ1) is 27.1. The average Bonchev–Trinajstić information content (AvgIpc) is 3.10. The van der Waals surface area contributed by atoms with Crippen LogP contribution in [0.25, 0.3) is 0 Å². The number of hydrogen-bond acceptors (Lipinski definition) is 0. The van der Waals surface area contributed by atoms with E-state index in [2.05, 4.69) is 51.3 Å². The van der Waals surface area contributed by atoms with Gasteiger partial charge >= 0.3 is 26.2 Å². The Labute approximate surface area is 186 Å². The van der Waals surface area contributed by atoms with E-state index >= 15 is 0 Å². The van der Waals surface area contributed by atoms with Crippen LogP contribution in [0.2, 0.25) is 0 Å². The van der Waals surface area contributed by atoms with Crippen molar-refractivity contribution in [3.8, 4) is 0 Å². The smallest absolute Gasteiger partial charge is 1.00 e. The molecule has 4 rings (SSSR count). The first-order valence-corrected chi connectivity index (χ1v) is 8.72. The zero-order valence-electron chi connectivity index (χ0n) is 15.6. The quantitative estimate of drug-likeness (QED) is 0.387. The van der Waals surface area contributed by atoms with E-state index in [-0.39, 0.29) is 51.0 Å². The summed E-state index contributed by atoms with van der Waals surface area (Å²) in [5.41, 5.74) is 9.36. The molecule has 25 heavy (non-hydrogen) atoms. The number of halogens is 2. The Balaban J connectivity index is 0. The largest absolute Gasteiger partial charge is 4.00 e. The van der Waals surface area contributed by atoms with Crippen LogP contribution in [0.3, 0.4) is 0 Å². The predicted octanol–water partition coefficient (Wildman–Crippen LogP) is -0.00686. The monoisotopic (exact) mass is 454 g/mol. The van der Waals surface area contributed by atoms with Crippen molar-refractivity contribution in [2.75, 3.05) is 0 Å².